The molecule has 0 unspecified atom stereocenters. The first-order valence-electron chi connectivity index (χ1n) is 7.56. The van der Waals surface area contributed by atoms with Crippen LogP contribution in [0.3, 0.4) is 0 Å². The zero-order valence-corrected chi connectivity index (χ0v) is 14.6. The Morgan fingerprint density at radius 1 is 1.23 bits per heavy atom. The standard InChI is InChI=1S/C16H18N3O6P/c20-15(13-6-2-1-3-7-13)17-14-8-10-19(16(21)18-14)9-4-5-11-25-12-26(22,23)24/h1-8,10H,9,11-12H2,(H2,22,23,24)(H,17,18,20,21)/b5-4-. The van der Waals surface area contributed by atoms with Crippen LogP contribution in [0.1, 0.15) is 10.4 Å². The molecular weight excluding hydrogens is 361 g/mol. The molecule has 0 bridgehead atoms. The molecule has 1 aromatic carbocycles. The van der Waals surface area contributed by atoms with Crippen molar-refractivity contribution >= 4 is 19.3 Å². The molecule has 1 aromatic heterocycles. The Balaban J connectivity index is 1.88. The molecule has 0 spiro atoms. The van der Waals surface area contributed by atoms with Crippen molar-refractivity contribution < 1.29 is 23.9 Å². The van der Waals surface area contributed by atoms with Crippen LogP contribution < -0.4 is 11.0 Å². The molecule has 0 saturated carbocycles. The summed E-state index contributed by atoms with van der Waals surface area (Å²) in [6, 6.07) is 10.1. The number of ether oxygens (including phenoxy) is 1. The second kappa shape index (κ2) is 9.21. The normalized spacial score (nSPS) is 11.6. The van der Waals surface area contributed by atoms with Crippen molar-refractivity contribution in [3.05, 3.63) is 70.8 Å². The Hall–Kier alpha value is -2.58. The summed E-state index contributed by atoms with van der Waals surface area (Å²) in [6.07, 6.45) is 3.96. The number of nitrogens with one attached hydrogen (secondary N) is 1. The van der Waals surface area contributed by atoms with Crippen LogP contribution in [-0.4, -0.2) is 38.2 Å². The number of carbonyl (C=O) groups excluding carboxylic acids is 1. The van der Waals surface area contributed by atoms with Gasteiger partial charge in [-0.2, -0.15) is 4.98 Å². The Morgan fingerprint density at radius 2 is 1.96 bits per heavy atom. The van der Waals surface area contributed by atoms with Gasteiger partial charge in [-0.25, -0.2) is 4.79 Å². The van der Waals surface area contributed by atoms with Gasteiger partial charge in [-0.1, -0.05) is 30.4 Å². The third-order valence-corrected chi connectivity index (χ3v) is 3.61. The summed E-state index contributed by atoms with van der Waals surface area (Å²) in [5, 5.41) is 2.55. The van der Waals surface area contributed by atoms with Gasteiger partial charge < -0.3 is 19.8 Å². The Morgan fingerprint density at radius 3 is 2.62 bits per heavy atom. The quantitative estimate of drug-likeness (QED) is 0.357. The van der Waals surface area contributed by atoms with E-state index in [0.29, 0.717) is 5.56 Å². The lowest BCUT2D eigenvalue weighted by Gasteiger charge is -2.06. The second-order valence-electron chi connectivity index (χ2n) is 5.20. The van der Waals surface area contributed by atoms with E-state index < -0.39 is 19.6 Å². The molecule has 26 heavy (non-hydrogen) atoms. The Labute approximate surface area is 149 Å². The van der Waals surface area contributed by atoms with Gasteiger partial charge in [-0.3, -0.25) is 13.9 Å². The largest absolute Gasteiger partial charge is 0.365 e. The lowest BCUT2D eigenvalue weighted by atomic mass is 10.2. The topological polar surface area (TPSA) is 131 Å². The van der Waals surface area contributed by atoms with Gasteiger partial charge in [0.25, 0.3) is 5.91 Å². The smallest absolute Gasteiger partial charge is 0.350 e. The minimum absolute atomic E-state index is 0.0124. The molecule has 0 atom stereocenters. The summed E-state index contributed by atoms with van der Waals surface area (Å²) in [7, 11) is -4.18. The lowest BCUT2D eigenvalue weighted by Crippen LogP contribution is -2.24. The molecule has 0 aliphatic carbocycles. The molecule has 0 aliphatic rings. The highest BCUT2D eigenvalue weighted by Crippen LogP contribution is 2.33. The maximum Gasteiger partial charge on any atom is 0.350 e. The highest BCUT2D eigenvalue weighted by molar-refractivity contribution is 7.51. The fourth-order valence-corrected chi connectivity index (χ4v) is 2.25. The molecule has 0 aliphatic heterocycles. The summed E-state index contributed by atoms with van der Waals surface area (Å²) in [4.78, 5) is 45.0. The van der Waals surface area contributed by atoms with Crippen molar-refractivity contribution in [1.29, 1.82) is 0 Å². The van der Waals surface area contributed by atoms with Crippen molar-refractivity contribution in [2.24, 2.45) is 0 Å². The average Bonchev–Trinajstić information content (AvgIpc) is 2.59. The molecule has 9 nitrogen and oxygen atoms in total. The molecule has 2 aromatic rings. The first-order chi connectivity index (χ1) is 12.3. The van der Waals surface area contributed by atoms with E-state index in [1.807, 2.05) is 0 Å². The molecular formula is C16H18N3O6P. The summed E-state index contributed by atoms with van der Waals surface area (Å²) >= 11 is 0. The summed E-state index contributed by atoms with van der Waals surface area (Å²) < 4.78 is 16.7. The van der Waals surface area contributed by atoms with Crippen LogP contribution in [0, 0.1) is 0 Å². The number of rotatable bonds is 8. The van der Waals surface area contributed by atoms with Crippen molar-refractivity contribution in [2.75, 3.05) is 18.3 Å². The van der Waals surface area contributed by atoms with Gasteiger partial charge in [-0.15, -0.1) is 0 Å². The van der Waals surface area contributed by atoms with Crippen LogP contribution in [0.25, 0.3) is 0 Å². The van der Waals surface area contributed by atoms with Gasteiger partial charge in [0.2, 0.25) is 0 Å². The summed E-state index contributed by atoms with van der Waals surface area (Å²) in [6.45, 7) is 0.219. The third-order valence-electron chi connectivity index (χ3n) is 3.09. The number of carbonyl (C=O) groups is 1. The van der Waals surface area contributed by atoms with E-state index in [1.54, 1.807) is 36.4 Å². The van der Waals surface area contributed by atoms with Crippen LogP contribution in [-0.2, 0) is 15.8 Å². The molecule has 2 rings (SSSR count). The maximum atomic E-state index is 12.0. The number of allylic oxidation sites excluding steroid dienone is 1. The van der Waals surface area contributed by atoms with Crippen molar-refractivity contribution in [1.82, 2.24) is 9.55 Å². The van der Waals surface area contributed by atoms with E-state index in [-0.39, 0.29) is 24.9 Å². The van der Waals surface area contributed by atoms with Crippen LogP contribution in [0.5, 0.6) is 0 Å². The second-order valence-corrected chi connectivity index (χ2v) is 6.79. The van der Waals surface area contributed by atoms with Crippen molar-refractivity contribution in [2.45, 2.75) is 6.54 Å². The van der Waals surface area contributed by atoms with E-state index in [4.69, 9.17) is 14.5 Å². The lowest BCUT2D eigenvalue weighted by molar-refractivity contribution is 0.102. The van der Waals surface area contributed by atoms with Crippen LogP contribution in [0.4, 0.5) is 5.82 Å². The van der Waals surface area contributed by atoms with Gasteiger partial charge in [-0.05, 0) is 18.2 Å². The zero-order chi connectivity index (χ0) is 19.0. The van der Waals surface area contributed by atoms with Gasteiger partial charge in [0.05, 0.1) is 6.61 Å². The molecule has 0 fully saturated rings. The maximum absolute atomic E-state index is 12.0. The monoisotopic (exact) mass is 379 g/mol. The molecule has 138 valence electrons. The molecule has 1 heterocycles. The van der Waals surface area contributed by atoms with Crippen LogP contribution in [0.15, 0.2) is 59.5 Å². The predicted molar refractivity (Wildman–Crippen MR) is 94.9 cm³/mol. The number of nitrogens with zero attached hydrogens (tertiary/aromatic N) is 2. The van der Waals surface area contributed by atoms with Crippen LogP contribution in [0.2, 0.25) is 0 Å². The van der Waals surface area contributed by atoms with Crippen molar-refractivity contribution in [3.8, 4) is 0 Å². The van der Waals surface area contributed by atoms with Crippen molar-refractivity contribution in [3.63, 3.8) is 0 Å². The average molecular weight is 379 g/mol. The number of hydrogen-bond donors (Lipinski definition) is 3. The fourth-order valence-electron chi connectivity index (χ4n) is 1.91. The molecule has 3 N–H and O–H groups in total. The zero-order valence-electron chi connectivity index (χ0n) is 13.7. The summed E-state index contributed by atoms with van der Waals surface area (Å²) in [5.41, 5.74) is -0.0895. The van der Waals surface area contributed by atoms with E-state index in [1.165, 1.54) is 22.9 Å². The van der Waals surface area contributed by atoms with E-state index in [9.17, 15) is 14.2 Å². The first-order valence-corrected chi connectivity index (χ1v) is 9.36. The Bertz CT molecular complexity index is 875. The third kappa shape index (κ3) is 6.73. The predicted octanol–water partition coefficient (Wildman–Crippen LogP) is 1.20. The SMILES string of the molecule is O=C(Nc1ccn(C/C=C\COCP(=O)(O)O)c(=O)n1)c1ccccc1. The summed E-state index contributed by atoms with van der Waals surface area (Å²) in [5.74, 6) is -0.216. The van der Waals surface area contributed by atoms with E-state index in [0.717, 1.165) is 0 Å². The van der Waals surface area contributed by atoms with E-state index in [2.05, 4.69) is 10.3 Å². The molecule has 1 amide bonds. The number of hydrogen-bond acceptors (Lipinski definition) is 5. The minimum atomic E-state index is -4.18. The highest BCUT2D eigenvalue weighted by Gasteiger charge is 2.11. The number of aromatic nitrogens is 2. The van der Waals surface area contributed by atoms with Gasteiger partial charge >= 0.3 is 13.3 Å². The van der Waals surface area contributed by atoms with Gasteiger partial charge in [0.15, 0.2) is 0 Å². The number of benzene rings is 1. The molecule has 0 saturated heterocycles. The number of anilines is 1. The van der Waals surface area contributed by atoms with Gasteiger partial charge in [0, 0.05) is 18.3 Å². The van der Waals surface area contributed by atoms with Crippen LogP contribution >= 0.6 is 7.60 Å². The molecule has 0 radical (unpaired) electrons. The minimum Gasteiger partial charge on any atom is -0.365 e. The number of amides is 1. The first kappa shape index (κ1) is 19.7. The van der Waals surface area contributed by atoms with Gasteiger partial charge in [0.1, 0.15) is 12.2 Å². The fraction of sp³-hybridized carbons (Fsp3) is 0.188. The highest BCUT2D eigenvalue weighted by atomic mass is 31.2. The molecule has 10 heteroatoms. The van der Waals surface area contributed by atoms with E-state index >= 15 is 0 Å². The Kier molecular flexibility index (Phi) is 6.99.